The number of cyclic esters (lactones) is 1. The molecule has 0 fully saturated rings. The van der Waals surface area contributed by atoms with Gasteiger partial charge in [-0.2, -0.15) is 0 Å². The van der Waals surface area contributed by atoms with E-state index < -0.39 is 36.0 Å². The smallest absolute Gasteiger partial charge is 0.312 e. The number of hydrogen-bond donors (Lipinski definition) is 2. The lowest BCUT2D eigenvalue weighted by atomic mass is 9.82. The van der Waals surface area contributed by atoms with Crippen molar-refractivity contribution in [3.8, 4) is 0 Å². The Balaban J connectivity index is 3.33. The minimum atomic E-state index is -2.15. The first-order valence-electron chi connectivity index (χ1n) is 9.15. The van der Waals surface area contributed by atoms with Gasteiger partial charge >= 0.3 is 5.97 Å². The Morgan fingerprint density at radius 2 is 1.92 bits per heavy atom. The molecule has 0 aliphatic carbocycles. The second-order valence-corrected chi connectivity index (χ2v) is 7.48. The molecule has 0 aromatic rings. The van der Waals surface area contributed by atoms with Gasteiger partial charge < -0.3 is 14.9 Å². The van der Waals surface area contributed by atoms with Gasteiger partial charge in [0.2, 0.25) is 0 Å². The predicted molar refractivity (Wildman–Crippen MR) is 101 cm³/mol. The van der Waals surface area contributed by atoms with Crippen molar-refractivity contribution >= 4 is 11.8 Å². The largest absolute Gasteiger partial charge is 0.458 e. The van der Waals surface area contributed by atoms with Crippen LogP contribution < -0.4 is 0 Å². The number of carbonyl (C=O) groups excluding carboxylic acids is 2. The number of ether oxygens (including phenoxy) is 1. The number of esters is 1. The number of aliphatic hydroxyl groups is 2. The number of rotatable bonds is 2. The van der Waals surface area contributed by atoms with Crippen molar-refractivity contribution in [3.63, 3.8) is 0 Å². The Morgan fingerprint density at radius 3 is 2.46 bits per heavy atom. The molecular formula is C21H32O5. The minimum Gasteiger partial charge on any atom is -0.458 e. The van der Waals surface area contributed by atoms with Gasteiger partial charge in [-0.15, -0.1) is 0 Å². The van der Waals surface area contributed by atoms with E-state index in [4.69, 9.17) is 4.74 Å². The fourth-order valence-electron chi connectivity index (χ4n) is 3.30. The Morgan fingerprint density at radius 1 is 1.31 bits per heavy atom. The van der Waals surface area contributed by atoms with Crippen LogP contribution in [0.3, 0.4) is 0 Å². The molecule has 0 saturated carbocycles. The summed E-state index contributed by atoms with van der Waals surface area (Å²) >= 11 is 0. The molecule has 1 heterocycles. The van der Waals surface area contributed by atoms with Crippen molar-refractivity contribution < 1.29 is 24.5 Å². The summed E-state index contributed by atoms with van der Waals surface area (Å²) in [5.41, 5.74) is 0.421. The van der Waals surface area contributed by atoms with Crippen molar-refractivity contribution in [3.05, 3.63) is 35.5 Å². The van der Waals surface area contributed by atoms with Gasteiger partial charge in [-0.1, -0.05) is 43.7 Å². The predicted octanol–water partition coefficient (Wildman–Crippen LogP) is 3.12. The molecule has 1 aliphatic rings. The average molecular weight is 364 g/mol. The third kappa shape index (κ3) is 5.39. The number of aliphatic hydroxyl groups excluding tert-OH is 1. The Labute approximate surface area is 156 Å². The molecule has 26 heavy (non-hydrogen) atoms. The summed E-state index contributed by atoms with van der Waals surface area (Å²) in [6, 6.07) is 0. The van der Waals surface area contributed by atoms with Gasteiger partial charge in [-0.3, -0.25) is 9.59 Å². The van der Waals surface area contributed by atoms with Gasteiger partial charge in [-0.05, 0) is 45.1 Å². The molecule has 0 spiro atoms. The maximum absolute atomic E-state index is 12.6. The molecule has 0 bridgehead atoms. The van der Waals surface area contributed by atoms with Crippen LogP contribution in [0.5, 0.6) is 0 Å². The van der Waals surface area contributed by atoms with E-state index in [0.717, 1.165) is 16.7 Å². The molecular weight excluding hydrogens is 332 g/mol. The van der Waals surface area contributed by atoms with E-state index in [1.54, 1.807) is 6.92 Å². The second kappa shape index (κ2) is 9.28. The number of carbonyl (C=O) groups is 2. The summed E-state index contributed by atoms with van der Waals surface area (Å²) in [5, 5.41) is 20.3. The van der Waals surface area contributed by atoms with Gasteiger partial charge in [0.1, 0.15) is 6.10 Å². The first kappa shape index (κ1) is 22.3. The van der Waals surface area contributed by atoms with E-state index >= 15 is 0 Å². The van der Waals surface area contributed by atoms with Crippen LogP contribution in [0.15, 0.2) is 35.5 Å². The molecule has 0 radical (unpaired) electrons. The normalized spacial score (nSPS) is 36.4. The number of ketones is 1. The lowest BCUT2D eigenvalue weighted by molar-refractivity contribution is -0.171. The molecule has 0 aromatic carbocycles. The van der Waals surface area contributed by atoms with E-state index in [9.17, 15) is 19.8 Å². The van der Waals surface area contributed by atoms with Crippen molar-refractivity contribution in [2.75, 3.05) is 6.61 Å². The lowest BCUT2D eigenvalue weighted by Crippen LogP contribution is -2.52. The molecule has 1 rings (SSSR count). The summed E-state index contributed by atoms with van der Waals surface area (Å²) in [5.74, 6) is -2.28. The number of hydrogen-bond acceptors (Lipinski definition) is 5. The van der Waals surface area contributed by atoms with Crippen LogP contribution in [0.4, 0.5) is 0 Å². The topological polar surface area (TPSA) is 83.8 Å². The van der Waals surface area contributed by atoms with Crippen LogP contribution in [0, 0.1) is 11.8 Å². The van der Waals surface area contributed by atoms with Crippen LogP contribution in [-0.4, -0.2) is 40.3 Å². The highest BCUT2D eigenvalue weighted by molar-refractivity contribution is 5.93. The molecule has 1 aliphatic heterocycles. The van der Waals surface area contributed by atoms with Gasteiger partial charge in [0.05, 0.1) is 12.5 Å². The molecule has 0 unspecified atom stereocenters. The molecule has 0 amide bonds. The number of Topliss-reactive ketones (excluding diaryl/α,β-unsaturated/α-hetero) is 1. The molecule has 5 nitrogen and oxygen atoms in total. The standard InChI is InChI=1S/C21H32O5/c1-7-18-16(5)10-14(3)8-13(2)9-15(4)11-19(23)21(25,12-22)17(6)20(24)26-18/h9-10,13,17-18,22,25H,3,7-8,11-12H2,1-2,4-6H3/b15-9+,16-10+/t13-,17-,18-,21-/m0/s1. The molecule has 0 aromatic heterocycles. The minimum absolute atomic E-state index is 0.0302. The highest BCUT2D eigenvalue weighted by Crippen LogP contribution is 2.27. The summed E-state index contributed by atoms with van der Waals surface area (Å²) in [6.45, 7) is 12.3. The fraction of sp³-hybridized carbons (Fsp3) is 0.619. The van der Waals surface area contributed by atoms with E-state index in [0.29, 0.717) is 12.8 Å². The molecule has 146 valence electrons. The first-order chi connectivity index (χ1) is 12.0. The van der Waals surface area contributed by atoms with Crippen molar-refractivity contribution in [2.24, 2.45) is 11.8 Å². The van der Waals surface area contributed by atoms with Gasteiger partial charge in [0.25, 0.3) is 0 Å². The first-order valence-corrected chi connectivity index (χ1v) is 9.15. The zero-order chi connectivity index (χ0) is 20.1. The summed E-state index contributed by atoms with van der Waals surface area (Å²) < 4.78 is 5.53. The van der Waals surface area contributed by atoms with Crippen LogP contribution in [0.25, 0.3) is 0 Å². The SMILES string of the molecule is C=C1/C=C(\C)[C@H](CC)OC(=O)[C@H](C)[C@@](O)(CO)C(=O)C/C(C)=C/[C@@H](C)C1. The van der Waals surface area contributed by atoms with E-state index in [1.165, 1.54) is 6.92 Å². The third-order valence-electron chi connectivity index (χ3n) is 4.96. The fourth-order valence-corrected chi connectivity index (χ4v) is 3.30. The Hall–Kier alpha value is -1.72. The van der Waals surface area contributed by atoms with Crippen LogP contribution >= 0.6 is 0 Å². The zero-order valence-corrected chi connectivity index (χ0v) is 16.5. The van der Waals surface area contributed by atoms with Crippen molar-refractivity contribution in [1.29, 1.82) is 0 Å². The van der Waals surface area contributed by atoms with Crippen molar-refractivity contribution in [1.82, 2.24) is 0 Å². The third-order valence-corrected chi connectivity index (χ3v) is 4.96. The van der Waals surface area contributed by atoms with Crippen LogP contribution in [-0.2, 0) is 14.3 Å². The van der Waals surface area contributed by atoms with Gasteiger partial charge in [0, 0.05) is 6.42 Å². The quantitative estimate of drug-likeness (QED) is 0.581. The average Bonchev–Trinajstić information content (AvgIpc) is 2.56. The number of allylic oxidation sites excluding steroid dienone is 4. The maximum Gasteiger partial charge on any atom is 0.312 e. The zero-order valence-electron chi connectivity index (χ0n) is 16.5. The second-order valence-electron chi connectivity index (χ2n) is 7.48. The summed E-state index contributed by atoms with van der Waals surface area (Å²) in [6.07, 6.45) is 4.69. The van der Waals surface area contributed by atoms with E-state index in [2.05, 4.69) is 6.58 Å². The molecule has 4 atom stereocenters. The summed E-state index contributed by atoms with van der Waals surface area (Å²) in [4.78, 5) is 25.1. The molecule has 0 saturated heterocycles. The van der Waals surface area contributed by atoms with Crippen LogP contribution in [0.2, 0.25) is 0 Å². The van der Waals surface area contributed by atoms with Gasteiger partial charge in [-0.25, -0.2) is 0 Å². The van der Waals surface area contributed by atoms with E-state index in [-0.39, 0.29) is 12.3 Å². The molecule has 2 N–H and O–H groups in total. The van der Waals surface area contributed by atoms with Crippen LogP contribution in [0.1, 0.15) is 53.9 Å². The van der Waals surface area contributed by atoms with E-state index in [1.807, 2.05) is 32.9 Å². The lowest BCUT2D eigenvalue weighted by Gasteiger charge is -2.31. The van der Waals surface area contributed by atoms with Crippen molar-refractivity contribution in [2.45, 2.75) is 65.6 Å². The summed E-state index contributed by atoms with van der Waals surface area (Å²) in [7, 11) is 0. The maximum atomic E-state index is 12.6. The Kier molecular flexibility index (Phi) is 7.97. The highest BCUT2D eigenvalue weighted by atomic mass is 16.5. The van der Waals surface area contributed by atoms with Gasteiger partial charge in [0.15, 0.2) is 11.4 Å². The Bertz CT molecular complexity index is 616. The molecule has 5 heteroatoms. The monoisotopic (exact) mass is 364 g/mol. The highest BCUT2D eigenvalue weighted by Gasteiger charge is 2.45.